The van der Waals surface area contributed by atoms with E-state index < -0.39 is 0 Å². The van der Waals surface area contributed by atoms with Gasteiger partial charge in [-0.1, -0.05) is 28.8 Å². The van der Waals surface area contributed by atoms with E-state index in [1.807, 2.05) is 0 Å². The van der Waals surface area contributed by atoms with Crippen molar-refractivity contribution in [2.45, 2.75) is 44.4 Å². The van der Waals surface area contributed by atoms with Crippen molar-refractivity contribution in [1.82, 2.24) is 9.78 Å². The second-order valence-corrected chi connectivity index (χ2v) is 6.58. The molecular formula is C14H22BrN3. The molecular weight excluding hydrogens is 290 g/mol. The predicted molar refractivity (Wildman–Crippen MR) is 78.3 cm³/mol. The van der Waals surface area contributed by atoms with E-state index in [1.54, 1.807) is 0 Å². The summed E-state index contributed by atoms with van der Waals surface area (Å²) in [5.41, 5.74) is 3.16. The van der Waals surface area contributed by atoms with E-state index in [2.05, 4.69) is 44.6 Å². The van der Waals surface area contributed by atoms with Crippen LogP contribution in [-0.2, 0) is 12.4 Å². The van der Waals surface area contributed by atoms with E-state index in [9.17, 15) is 0 Å². The molecule has 1 spiro atoms. The summed E-state index contributed by atoms with van der Waals surface area (Å²) in [4.78, 5) is 2.57. The van der Waals surface area contributed by atoms with Crippen LogP contribution in [0.3, 0.4) is 0 Å². The average molecular weight is 312 g/mol. The molecule has 2 aliphatic rings. The summed E-state index contributed by atoms with van der Waals surface area (Å²) in [7, 11) is 2.08. The summed E-state index contributed by atoms with van der Waals surface area (Å²) >= 11 is 3.61. The summed E-state index contributed by atoms with van der Waals surface area (Å²) in [5, 5.41) is 5.49. The lowest BCUT2D eigenvalue weighted by Crippen LogP contribution is -2.27. The molecule has 0 bridgehead atoms. The van der Waals surface area contributed by atoms with E-state index in [0.717, 1.165) is 11.0 Å². The first-order valence-electron chi connectivity index (χ1n) is 6.99. The molecule has 1 aromatic heterocycles. The lowest BCUT2D eigenvalue weighted by Gasteiger charge is -2.25. The Kier molecular flexibility index (Phi) is 3.16. The fourth-order valence-electron chi connectivity index (χ4n) is 3.89. The van der Waals surface area contributed by atoms with Crippen LogP contribution in [0.5, 0.6) is 0 Å². The highest BCUT2D eigenvalue weighted by molar-refractivity contribution is 9.08. The number of hydrogen-bond donors (Lipinski definition) is 0. The molecule has 3 nitrogen and oxygen atoms in total. The Labute approximate surface area is 118 Å². The third-order valence-electron chi connectivity index (χ3n) is 4.85. The first-order chi connectivity index (χ1) is 8.65. The summed E-state index contributed by atoms with van der Waals surface area (Å²) in [6.07, 6.45) is 7.11. The van der Waals surface area contributed by atoms with Gasteiger partial charge in [0.2, 0.25) is 0 Å². The van der Waals surface area contributed by atoms with Crippen molar-refractivity contribution in [2.24, 2.45) is 12.5 Å². The zero-order valence-corrected chi connectivity index (χ0v) is 13.0. The standard InChI is InChI=1S/C14H22BrN3/c1-11-12(9-15)13(17(2)16-11)18-8-7-14(10-18)5-3-4-6-14/h3-10H2,1-2H3. The van der Waals surface area contributed by atoms with E-state index >= 15 is 0 Å². The van der Waals surface area contributed by atoms with Crippen LogP contribution in [0.2, 0.25) is 0 Å². The smallest absolute Gasteiger partial charge is 0.130 e. The number of aromatic nitrogens is 2. The van der Waals surface area contributed by atoms with E-state index in [0.29, 0.717) is 5.41 Å². The number of rotatable bonds is 2. The van der Waals surface area contributed by atoms with Crippen LogP contribution in [0.15, 0.2) is 0 Å². The minimum Gasteiger partial charge on any atom is -0.356 e. The largest absolute Gasteiger partial charge is 0.356 e. The van der Waals surface area contributed by atoms with Crippen LogP contribution in [0.1, 0.15) is 43.4 Å². The number of hydrogen-bond acceptors (Lipinski definition) is 2. The zero-order chi connectivity index (χ0) is 12.8. The first kappa shape index (κ1) is 12.5. The molecule has 0 unspecified atom stereocenters. The molecule has 100 valence electrons. The first-order valence-corrected chi connectivity index (χ1v) is 8.11. The third-order valence-corrected chi connectivity index (χ3v) is 5.41. The number of alkyl halides is 1. The van der Waals surface area contributed by atoms with Gasteiger partial charge in [0.1, 0.15) is 5.82 Å². The van der Waals surface area contributed by atoms with Gasteiger partial charge in [0.25, 0.3) is 0 Å². The Morgan fingerprint density at radius 3 is 2.67 bits per heavy atom. The van der Waals surface area contributed by atoms with Crippen molar-refractivity contribution in [3.8, 4) is 0 Å². The molecule has 1 aromatic rings. The maximum atomic E-state index is 4.59. The molecule has 3 rings (SSSR count). The zero-order valence-electron chi connectivity index (χ0n) is 11.4. The second kappa shape index (κ2) is 4.55. The van der Waals surface area contributed by atoms with Crippen molar-refractivity contribution in [3.63, 3.8) is 0 Å². The van der Waals surface area contributed by atoms with E-state index in [1.165, 1.54) is 56.6 Å². The van der Waals surface area contributed by atoms with Gasteiger partial charge >= 0.3 is 0 Å². The summed E-state index contributed by atoms with van der Waals surface area (Å²) in [6, 6.07) is 0. The number of anilines is 1. The Balaban J connectivity index is 1.88. The monoisotopic (exact) mass is 311 g/mol. The van der Waals surface area contributed by atoms with Gasteiger partial charge in [-0.15, -0.1) is 0 Å². The molecule has 4 heteroatoms. The molecule has 0 N–H and O–H groups in total. The average Bonchev–Trinajstić information content (AvgIpc) is 3.01. The molecule has 0 radical (unpaired) electrons. The number of nitrogens with zero attached hydrogens (tertiary/aromatic N) is 3. The summed E-state index contributed by atoms with van der Waals surface area (Å²) in [6.45, 7) is 4.56. The van der Waals surface area contributed by atoms with Gasteiger partial charge < -0.3 is 4.90 Å². The molecule has 0 atom stereocenters. The molecule has 0 aromatic carbocycles. The normalized spacial score (nSPS) is 22.3. The Hall–Kier alpha value is -0.510. The van der Waals surface area contributed by atoms with Crippen LogP contribution in [0.25, 0.3) is 0 Å². The topological polar surface area (TPSA) is 21.1 Å². The van der Waals surface area contributed by atoms with Gasteiger partial charge in [0.05, 0.1) is 5.69 Å². The van der Waals surface area contributed by atoms with Crippen LogP contribution >= 0.6 is 15.9 Å². The lowest BCUT2D eigenvalue weighted by atomic mass is 9.86. The molecule has 1 saturated carbocycles. The molecule has 0 amide bonds. The maximum Gasteiger partial charge on any atom is 0.130 e. The molecule has 1 aliphatic heterocycles. The Bertz CT molecular complexity index is 446. The molecule has 2 heterocycles. The Morgan fingerprint density at radius 2 is 2.00 bits per heavy atom. The molecule has 1 aliphatic carbocycles. The lowest BCUT2D eigenvalue weighted by molar-refractivity contribution is 0.340. The van der Waals surface area contributed by atoms with Crippen molar-refractivity contribution < 1.29 is 0 Å². The maximum absolute atomic E-state index is 4.59. The highest BCUT2D eigenvalue weighted by Gasteiger charge is 2.41. The van der Waals surface area contributed by atoms with Gasteiger partial charge in [-0.2, -0.15) is 5.10 Å². The molecule has 18 heavy (non-hydrogen) atoms. The fourth-order valence-corrected chi connectivity index (χ4v) is 4.55. The molecule has 2 fully saturated rings. The quantitative estimate of drug-likeness (QED) is 0.781. The predicted octanol–water partition coefficient (Wildman–Crippen LogP) is 3.39. The van der Waals surface area contributed by atoms with Crippen LogP contribution < -0.4 is 4.90 Å². The minimum absolute atomic E-state index is 0.627. The van der Waals surface area contributed by atoms with E-state index in [4.69, 9.17) is 0 Å². The SMILES string of the molecule is Cc1nn(C)c(N2CCC3(CCCC3)C2)c1CBr. The highest BCUT2D eigenvalue weighted by atomic mass is 79.9. The van der Waals surface area contributed by atoms with Crippen LogP contribution in [0.4, 0.5) is 5.82 Å². The van der Waals surface area contributed by atoms with Gasteiger partial charge in [0.15, 0.2) is 0 Å². The van der Waals surface area contributed by atoms with Crippen molar-refractivity contribution >= 4 is 21.7 Å². The Morgan fingerprint density at radius 1 is 1.28 bits per heavy atom. The third kappa shape index (κ3) is 1.89. The number of aryl methyl sites for hydroxylation is 2. The van der Waals surface area contributed by atoms with Gasteiger partial charge in [0, 0.05) is 31.0 Å². The van der Waals surface area contributed by atoms with Gasteiger partial charge in [-0.3, -0.25) is 4.68 Å². The van der Waals surface area contributed by atoms with Crippen LogP contribution in [-0.4, -0.2) is 22.9 Å². The fraction of sp³-hybridized carbons (Fsp3) is 0.786. The van der Waals surface area contributed by atoms with Gasteiger partial charge in [-0.25, -0.2) is 0 Å². The van der Waals surface area contributed by atoms with Gasteiger partial charge in [-0.05, 0) is 31.6 Å². The highest BCUT2D eigenvalue weighted by Crippen LogP contribution is 2.46. The minimum atomic E-state index is 0.627. The van der Waals surface area contributed by atoms with Crippen LogP contribution in [0, 0.1) is 12.3 Å². The number of halogens is 1. The van der Waals surface area contributed by atoms with Crippen molar-refractivity contribution in [3.05, 3.63) is 11.3 Å². The molecule has 1 saturated heterocycles. The second-order valence-electron chi connectivity index (χ2n) is 6.02. The van der Waals surface area contributed by atoms with E-state index in [-0.39, 0.29) is 0 Å². The summed E-state index contributed by atoms with van der Waals surface area (Å²) in [5.74, 6) is 1.34. The summed E-state index contributed by atoms with van der Waals surface area (Å²) < 4.78 is 2.07. The van der Waals surface area contributed by atoms with Crippen molar-refractivity contribution in [2.75, 3.05) is 18.0 Å². The van der Waals surface area contributed by atoms with Crippen molar-refractivity contribution in [1.29, 1.82) is 0 Å².